The SMILES string of the molecule is CCC(C)(OC)c1nc2c(s1)CCC2C(=O)O. The van der Waals surface area contributed by atoms with Crippen molar-refractivity contribution in [2.75, 3.05) is 7.11 Å². The van der Waals surface area contributed by atoms with Crippen LogP contribution in [0.2, 0.25) is 0 Å². The molecule has 1 aliphatic carbocycles. The van der Waals surface area contributed by atoms with E-state index in [4.69, 9.17) is 9.84 Å². The Hall–Kier alpha value is -0.940. The van der Waals surface area contributed by atoms with Gasteiger partial charge in [0.05, 0.1) is 5.69 Å². The van der Waals surface area contributed by atoms with E-state index in [-0.39, 0.29) is 0 Å². The summed E-state index contributed by atoms with van der Waals surface area (Å²) in [4.78, 5) is 16.7. The zero-order chi connectivity index (χ0) is 12.6. The Kier molecular flexibility index (Phi) is 3.23. The molecule has 0 aromatic carbocycles. The number of aliphatic carboxylic acids is 1. The van der Waals surface area contributed by atoms with Crippen LogP contribution in [0.25, 0.3) is 0 Å². The number of carboxylic acids is 1. The lowest BCUT2D eigenvalue weighted by molar-refractivity contribution is -0.138. The normalized spacial score (nSPS) is 22.2. The molecular formula is C12H17NO3S. The van der Waals surface area contributed by atoms with Crippen molar-refractivity contribution in [3.8, 4) is 0 Å². The van der Waals surface area contributed by atoms with Crippen LogP contribution < -0.4 is 0 Å². The third-order valence-electron chi connectivity index (χ3n) is 3.59. The van der Waals surface area contributed by atoms with Crippen LogP contribution >= 0.6 is 11.3 Å². The van der Waals surface area contributed by atoms with E-state index in [9.17, 15) is 4.79 Å². The Bertz CT molecular complexity index is 437. The molecule has 0 amide bonds. The molecule has 1 aromatic rings. The van der Waals surface area contributed by atoms with E-state index in [1.54, 1.807) is 18.4 Å². The number of hydrogen-bond acceptors (Lipinski definition) is 4. The minimum atomic E-state index is -0.767. The molecule has 4 nitrogen and oxygen atoms in total. The second-order valence-corrected chi connectivity index (χ2v) is 5.63. The van der Waals surface area contributed by atoms with Crippen LogP contribution in [0.15, 0.2) is 0 Å². The van der Waals surface area contributed by atoms with E-state index in [0.717, 1.165) is 28.4 Å². The van der Waals surface area contributed by atoms with E-state index in [0.29, 0.717) is 6.42 Å². The highest BCUT2D eigenvalue weighted by atomic mass is 32.1. The predicted molar refractivity (Wildman–Crippen MR) is 65.5 cm³/mol. The summed E-state index contributed by atoms with van der Waals surface area (Å²) in [6.45, 7) is 4.04. The molecule has 1 heterocycles. The predicted octanol–water partition coefficient (Wildman–Crippen LogP) is 2.53. The lowest BCUT2D eigenvalue weighted by Crippen LogP contribution is -2.23. The van der Waals surface area contributed by atoms with E-state index < -0.39 is 17.5 Å². The van der Waals surface area contributed by atoms with Gasteiger partial charge in [0.1, 0.15) is 16.5 Å². The molecule has 2 rings (SSSR count). The lowest BCUT2D eigenvalue weighted by Gasteiger charge is -2.23. The maximum atomic E-state index is 11.1. The van der Waals surface area contributed by atoms with Gasteiger partial charge < -0.3 is 9.84 Å². The average Bonchev–Trinajstić information content (AvgIpc) is 2.86. The first-order chi connectivity index (χ1) is 8.01. The Morgan fingerprint density at radius 3 is 2.94 bits per heavy atom. The molecule has 0 aliphatic heterocycles. The van der Waals surface area contributed by atoms with Crippen molar-refractivity contribution in [3.05, 3.63) is 15.6 Å². The van der Waals surface area contributed by atoms with Crippen molar-refractivity contribution < 1.29 is 14.6 Å². The number of methoxy groups -OCH3 is 1. The molecule has 0 bridgehead atoms. The second-order valence-electron chi connectivity index (χ2n) is 4.55. The monoisotopic (exact) mass is 255 g/mol. The van der Waals surface area contributed by atoms with Crippen LogP contribution in [0, 0.1) is 0 Å². The number of fused-ring (bicyclic) bond motifs is 1. The molecular weight excluding hydrogens is 238 g/mol. The lowest BCUT2D eigenvalue weighted by atomic mass is 10.0. The largest absolute Gasteiger partial charge is 0.481 e. The van der Waals surface area contributed by atoms with Crippen LogP contribution in [0.3, 0.4) is 0 Å². The number of ether oxygens (including phenoxy) is 1. The number of thiazole rings is 1. The summed E-state index contributed by atoms with van der Waals surface area (Å²) >= 11 is 1.60. The maximum absolute atomic E-state index is 11.1. The molecule has 1 aromatic heterocycles. The van der Waals surface area contributed by atoms with Crippen LogP contribution in [-0.4, -0.2) is 23.2 Å². The summed E-state index contributed by atoms with van der Waals surface area (Å²) in [5.74, 6) is -1.19. The molecule has 0 radical (unpaired) electrons. The van der Waals surface area contributed by atoms with Crippen molar-refractivity contribution in [3.63, 3.8) is 0 Å². The average molecular weight is 255 g/mol. The fraction of sp³-hybridized carbons (Fsp3) is 0.667. The van der Waals surface area contributed by atoms with Crippen LogP contribution in [0.4, 0.5) is 0 Å². The number of nitrogens with zero attached hydrogens (tertiary/aromatic N) is 1. The van der Waals surface area contributed by atoms with Crippen LogP contribution in [0.1, 0.15) is 48.2 Å². The first-order valence-corrected chi connectivity index (χ1v) is 6.61. The third kappa shape index (κ3) is 1.98. The fourth-order valence-electron chi connectivity index (χ4n) is 2.08. The highest BCUT2D eigenvalue weighted by molar-refractivity contribution is 7.12. The topological polar surface area (TPSA) is 59.4 Å². The quantitative estimate of drug-likeness (QED) is 0.898. The van der Waals surface area contributed by atoms with E-state index in [1.807, 2.05) is 13.8 Å². The van der Waals surface area contributed by atoms with Gasteiger partial charge >= 0.3 is 5.97 Å². The standard InChI is InChI=1S/C12H17NO3S/c1-4-12(2,16-3)11-13-9-7(10(14)15)5-6-8(9)17-11/h7H,4-6H2,1-3H3,(H,14,15). The Morgan fingerprint density at radius 1 is 1.71 bits per heavy atom. The van der Waals surface area contributed by atoms with Gasteiger partial charge in [-0.15, -0.1) is 11.3 Å². The van der Waals surface area contributed by atoms with Gasteiger partial charge in [-0.25, -0.2) is 4.98 Å². The summed E-state index contributed by atoms with van der Waals surface area (Å²) in [6.07, 6.45) is 2.33. The number of hydrogen-bond donors (Lipinski definition) is 1. The second kappa shape index (κ2) is 4.38. The Morgan fingerprint density at radius 2 is 2.41 bits per heavy atom. The molecule has 0 saturated carbocycles. The van der Waals surface area contributed by atoms with Crippen molar-refractivity contribution in [2.24, 2.45) is 0 Å². The molecule has 0 spiro atoms. The van der Waals surface area contributed by atoms with Crippen LogP contribution in [0.5, 0.6) is 0 Å². The molecule has 94 valence electrons. The van der Waals surface area contributed by atoms with Gasteiger partial charge in [-0.2, -0.15) is 0 Å². The van der Waals surface area contributed by atoms with Gasteiger partial charge in [0, 0.05) is 12.0 Å². The van der Waals surface area contributed by atoms with Crippen LogP contribution in [-0.2, 0) is 21.6 Å². The van der Waals surface area contributed by atoms with Gasteiger partial charge in [0.2, 0.25) is 0 Å². The number of carbonyl (C=O) groups is 1. The summed E-state index contributed by atoms with van der Waals surface area (Å²) in [5, 5.41) is 10.0. The van der Waals surface area contributed by atoms with Gasteiger partial charge in [-0.3, -0.25) is 4.79 Å². The van der Waals surface area contributed by atoms with Crippen molar-refractivity contribution in [2.45, 2.75) is 44.6 Å². The van der Waals surface area contributed by atoms with E-state index >= 15 is 0 Å². The first kappa shape index (κ1) is 12.5. The summed E-state index contributed by atoms with van der Waals surface area (Å²) in [5.41, 5.74) is 0.368. The third-order valence-corrected chi connectivity index (χ3v) is 4.97. The molecule has 5 heteroatoms. The van der Waals surface area contributed by atoms with E-state index in [1.165, 1.54) is 0 Å². The zero-order valence-electron chi connectivity index (χ0n) is 10.3. The Labute approximate surface area is 105 Å². The van der Waals surface area contributed by atoms with Gasteiger partial charge in [0.25, 0.3) is 0 Å². The Balaban J connectivity index is 2.37. The van der Waals surface area contributed by atoms with Crippen molar-refractivity contribution >= 4 is 17.3 Å². The number of aryl methyl sites for hydroxylation is 1. The minimum absolute atomic E-state index is 0.391. The smallest absolute Gasteiger partial charge is 0.312 e. The fourth-order valence-corrected chi connectivity index (χ4v) is 3.41. The van der Waals surface area contributed by atoms with Gasteiger partial charge in [0.15, 0.2) is 0 Å². The van der Waals surface area contributed by atoms with Crippen molar-refractivity contribution in [1.82, 2.24) is 4.98 Å². The molecule has 0 saturated heterocycles. The molecule has 2 atom stereocenters. The molecule has 17 heavy (non-hydrogen) atoms. The molecule has 1 N–H and O–H groups in total. The highest BCUT2D eigenvalue weighted by Gasteiger charge is 2.36. The number of rotatable bonds is 4. The first-order valence-electron chi connectivity index (χ1n) is 5.80. The molecule has 2 unspecified atom stereocenters. The minimum Gasteiger partial charge on any atom is -0.481 e. The summed E-state index contributed by atoms with van der Waals surface area (Å²) in [7, 11) is 1.67. The van der Waals surface area contributed by atoms with Gasteiger partial charge in [-0.1, -0.05) is 6.92 Å². The number of carboxylic acid groups (broad SMARTS) is 1. The molecule has 1 aliphatic rings. The molecule has 0 fully saturated rings. The maximum Gasteiger partial charge on any atom is 0.312 e. The zero-order valence-corrected chi connectivity index (χ0v) is 11.1. The van der Waals surface area contributed by atoms with Crippen molar-refractivity contribution in [1.29, 1.82) is 0 Å². The summed E-state index contributed by atoms with van der Waals surface area (Å²) < 4.78 is 5.51. The van der Waals surface area contributed by atoms with Gasteiger partial charge in [-0.05, 0) is 26.2 Å². The summed E-state index contributed by atoms with van der Waals surface area (Å²) in [6, 6.07) is 0. The van der Waals surface area contributed by atoms with E-state index in [2.05, 4.69) is 4.98 Å². The highest BCUT2D eigenvalue weighted by Crippen LogP contribution is 2.41. The number of aromatic nitrogens is 1.